The predicted molar refractivity (Wildman–Crippen MR) is 111 cm³/mol. The van der Waals surface area contributed by atoms with Crippen LogP contribution in [0.3, 0.4) is 0 Å². The molecule has 1 spiro atoms. The highest BCUT2D eigenvalue weighted by atomic mass is 35.5. The van der Waals surface area contributed by atoms with Crippen molar-refractivity contribution < 1.29 is 23.8 Å². The third-order valence-electron chi connectivity index (χ3n) is 8.97. The molecule has 0 aromatic carbocycles. The van der Waals surface area contributed by atoms with E-state index in [1.807, 2.05) is 6.92 Å². The molecule has 0 amide bonds. The molecule has 1 N–H and O–H groups in total. The van der Waals surface area contributed by atoms with E-state index >= 15 is 0 Å². The van der Waals surface area contributed by atoms with E-state index < -0.39 is 23.0 Å². The Labute approximate surface area is 183 Å². The quantitative estimate of drug-likeness (QED) is 0.666. The van der Waals surface area contributed by atoms with Crippen LogP contribution in [0.25, 0.3) is 0 Å². The second-order valence-corrected chi connectivity index (χ2v) is 10.7. The van der Waals surface area contributed by atoms with Crippen molar-refractivity contribution in [2.75, 3.05) is 20.8 Å². The Morgan fingerprint density at radius 1 is 1.10 bits per heavy atom. The van der Waals surface area contributed by atoms with Crippen molar-refractivity contribution in [1.29, 1.82) is 0 Å². The molecule has 0 bridgehead atoms. The van der Waals surface area contributed by atoms with E-state index in [0.29, 0.717) is 30.5 Å². The molecule has 0 radical (unpaired) electrons. The Balaban J connectivity index is 1.54. The maximum atomic E-state index is 14.1. The summed E-state index contributed by atoms with van der Waals surface area (Å²) in [4.78, 5) is 27.4. The molecular weight excluding hydrogens is 406 g/mol. The van der Waals surface area contributed by atoms with Gasteiger partial charge in [-0.25, -0.2) is 0 Å². The summed E-state index contributed by atoms with van der Waals surface area (Å²) in [6, 6.07) is -0.270. The molecule has 3 saturated carbocycles. The first-order valence-corrected chi connectivity index (χ1v) is 12.1. The van der Waals surface area contributed by atoms with Crippen LogP contribution in [0.15, 0.2) is 0 Å². The molecule has 9 unspecified atom stereocenters. The summed E-state index contributed by atoms with van der Waals surface area (Å²) >= 11 is 6.79. The molecule has 3 aliphatic carbocycles. The summed E-state index contributed by atoms with van der Waals surface area (Å²) < 4.78 is 18.1. The minimum atomic E-state index is -1.01. The maximum absolute atomic E-state index is 14.1. The molecular formula is C23H34ClNO5. The van der Waals surface area contributed by atoms with Gasteiger partial charge in [0.1, 0.15) is 11.4 Å². The highest BCUT2D eigenvalue weighted by Crippen LogP contribution is 2.55. The second-order valence-electron chi connectivity index (χ2n) is 10.2. The molecule has 168 valence electrons. The average molecular weight is 440 g/mol. The van der Waals surface area contributed by atoms with Gasteiger partial charge in [0.15, 0.2) is 5.78 Å². The molecule has 2 saturated heterocycles. The minimum Gasteiger partial charge on any atom is -0.380 e. The van der Waals surface area contributed by atoms with Gasteiger partial charge in [-0.15, -0.1) is 11.6 Å². The van der Waals surface area contributed by atoms with Gasteiger partial charge in [0.05, 0.1) is 35.6 Å². The van der Waals surface area contributed by atoms with Gasteiger partial charge in [-0.05, 0) is 31.2 Å². The van der Waals surface area contributed by atoms with Crippen molar-refractivity contribution >= 4 is 23.2 Å². The van der Waals surface area contributed by atoms with E-state index in [1.54, 1.807) is 14.2 Å². The van der Waals surface area contributed by atoms with Gasteiger partial charge >= 0.3 is 0 Å². The topological polar surface area (TPSA) is 73.9 Å². The van der Waals surface area contributed by atoms with Gasteiger partial charge in [0, 0.05) is 38.9 Å². The van der Waals surface area contributed by atoms with E-state index in [4.69, 9.17) is 25.8 Å². The normalized spacial score (nSPS) is 53.3. The number of nitrogens with one attached hydrogen (secondary N) is 1. The lowest BCUT2D eigenvalue weighted by Crippen LogP contribution is -2.71. The van der Waals surface area contributed by atoms with Gasteiger partial charge in [0.25, 0.3) is 0 Å². The standard InChI is InChI=1S/C23H34ClNO5/c1-11-8-14(26)17-13-7-5-4-6-12(13)10-25-21(17)23(11)22(27)18-15(28-2)9-16(29-3)19(24)20(18)30-23/h11-13,15-21,25H,4-10H2,1-3H3/t11-,12?,13?,15?,16?,17?,18?,19?,20?,21?,23+/m1/s1. The third kappa shape index (κ3) is 2.83. The van der Waals surface area contributed by atoms with Crippen LogP contribution in [-0.4, -0.2) is 67.7 Å². The largest absolute Gasteiger partial charge is 0.380 e. The number of hydrogen-bond acceptors (Lipinski definition) is 6. The average Bonchev–Trinajstić information content (AvgIpc) is 3.07. The summed E-state index contributed by atoms with van der Waals surface area (Å²) in [5.41, 5.74) is -1.01. The first-order chi connectivity index (χ1) is 14.4. The Morgan fingerprint density at radius 3 is 2.57 bits per heavy atom. The van der Waals surface area contributed by atoms with Crippen LogP contribution in [0, 0.1) is 29.6 Å². The number of carbonyl (C=O) groups excluding carboxylic acids is 2. The molecule has 0 aromatic heterocycles. The number of fused-ring (bicyclic) bond motifs is 5. The van der Waals surface area contributed by atoms with Crippen molar-refractivity contribution in [2.45, 2.75) is 80.8 Å². The summed E-state index contributed by atoms with van der Waals surface area (Å²) in [7, 11) is 3.28. The van der Waals surface area contributed by atoms with Crippen LogP contribution in [0.4, 0.5) is 0 Å². The van der Waals surface area contributed by atoms with E-state index in [2.05, 4.69) is 5.32 Å². The van der Waals surface area contributed by atoms with Crippen molar-refractivity contribution in [3.05, 3.63) is 0 Å². The molecule has 2 aliphatic heterocycles. The summed E-state index contributed by atoms with van der Waals surface area (Å²) in [6.07, 6.45) is 4.67. The smallest absolute Gasteiger partial charge is 0.174 e. The first-order valence-electron chi connectivity index (χ1n) is 11.6. The van der Waals surface area contributed by atoms with Crippen molar-refractivity contribution in [3.8, 4) is 0 Å². The van der Waals surface area contributed by atoms with Crippen LogP contribution in [0.1, 0.15) is 45.4 Å². The maximum Gasteiger partial charge on any atom is 0.174 e. The Morgan fingerprint density at radius 2 is 1.83 bits per heavy atom. The van der Waals surface area contributed by atoms with E-state index in [9.17, 15) is 9.59 Å². The van der Waals surface area contributed by atoms with Gasteiger partial charge in [-0.3, -0.25) is 9.59 Å². The lowest BCUT2D eigenvalue weighted by atomic mass is 9.56. The molecule has 5 rings (SSSR count). The SMILES string of the molecule is COC1CC(OC)C2C(=O)[C@@]3(OC2C1Cl)C1NCC2CCCCC2C1C(=O)C[C@H]3C. The summed E-state index contributed by atoms with van der Waals surface area (Å²) in [5, 5.41) is 3.23. The number of piperidine rings is 1. The second kappa shape index (κ2) is 7.80. The molecule has 30 heavy (non-hydrogen) atoms. The fraction of sp³-hybridized carbons (Fsp3) is 0.913. The molecule has 11 atom stereocenters. The lowest BCUT2D eigenvalue weighted by Gasteiger charge is -2.55. The zero-order valence-electron chi connectivity index (χ0n) is 18.1. The third-order valence-corrected chi connectivity index (χ3v) is 9.50. The van der Waals surface area contributed by atoms with Crippen LogP contribution in [0.5, 0.6) is 0 Å². The minimum absolute atomic E-state index is 0.0799. The van der Waals surface area contributed by atoms with Gasteiger partial charge in [-0.2, -0.15) is 0 Å². The highest BCUT2D eigenvalue weighted by molar-refractivity contribution is 6.22. The number of rotatable bonds is 2. The fourth-order valence-corrected chi connectivity index (χ4v) is 7.95. The van der Waals surface area contributed by atoms with Crippen molar-refractivity contribution in [2.24, 2.45) is 29.6 Å². The molecule has 5 fully saturated rings. The lowest BCUT2D eigenvalue weighted by molar-refractivity contribution is -0.176. The zero-order valence-corrected chi connectivity index (χ0v) is 18.9. The van der Waals surface area contributed by atoms with Gasteiger partial charge < -0.3 is 19.5 Å². The number of ether oxygens (including phenoxy) is 3. The highest BCUT2D eigenvalue weighted by Gasteiger charge is 2.70. The Bertz CT molecular complexity index is 718. The number of halogens is 1. The molecule has 0 aromatic rings. The van der Waals surface area contributed by atoms with Crippen molar-refractivity contribution in [1.82, 2.24) is 5.32 Å². The Kier molecular flexibility index (Phi) is 5.55. The van der Waals surface area contributed by atoms with Gasteiger partial charge in [0.2, 0.25) is 0 Å². The number of hydrogen-bond donors (Lipinski definition) is 1. The van der Waals surface area contributed by atoms with Crippen LogP contribution in [-0.2, 0) is 23.8 Å². The van der Waals surface area contributed by atoms with E-state index in [0.717, 1.165) is 13.0 Å². The fourth-order valence-electron chi connectivity index (χ4n) is 7.54. The summed E-state index contributed by atoms with van der Waals surface area (Å²) in [5.74, 6) is 0.532. The molecule has 5 aliphatic rings. The number of carbonyl (C=O) groups is 2. The van der Waals surface area contributed by atoms with Gasteiger partial charge in [-0.1, -0.05) is 19.8 Å². The number of alkyl halides is 1. The Hall–Kier alpha value is -0.530. The van der Waals surface area contributed by atoms with Crippen molar-refractivity contribution in [3.63, 3.8) is 0 Å². The van der Waals surface area contributed by atoms with Crippen LogP contribution >= 0.6 is 11.6 Å². The van der Waals surface area contributed by atoms with Crippen LogP contribution in [0.2, 0.25) is 0 Å². The molecule has 2 heterocycles. The monoisotopic (exact) mass is 439 g/mol. The molecule has 7 heteroatoms. The van der Waals surface area contributed by atoms with E-state index in [1.165, 1.54) is 19.3 Å². The predicted octanol–water partition coefficient (Wildman–Crippen LogP) is 2.35. The number of Topliss-reactive ketones (excluding diaryl/α,β-unsaturated/α-hetero) is 2. The molecule has 6 nitrogen and oxygen atoms in total. The van der Waals surface area contributed by atoms with Crippen LogP contribution < -0.4 is 5.32 Å². The number of methoxy groups -OCH3 is 2. The zero-order chi connectivity index (χ0) is 21.2. The first kappa shape index (κ1) is 21.3. The summed E-state index contributed by atoms with van der Waals surface area (Å²) in [6.45, 7) is 2.86. The van der Waals surface area contributed by atoms with E-state index in [-0.39, 0.29) is 35.9 Å². The number of ketones is 2.